The number of carbonyl (C=O) groups is 4. The van der Waals surface area contributed by atoms with E-state index in [1.54, 1.807) is 27.7 Å². The van der Waals surface area contributed by atoms with Crippen LogP contribution in [0.1, 0.15) is 78.2 Å². The molecule has 0 spiro atoms. The number of amides is 3. The molecular formula is C31H42N4O7. The van der Waals surface area contributed by atoms with Gasteiger partial charge in [-0.1, -0.05) is 60.5 Å². The second kappa shape index (κ2) is 13.0. The van der Waals surface area contributed by atoms with Crippen LogP contribution in [0.3, 0.4) is 0 Å². The monoisotopic (exact) mass is 582 g/mol. The lowest BCUT2D eigenvalue weighted by Gasteiger charge is -2.30. The minimum absolute atomic E-state index is 0.0540. The molecule has 1 aromatic rings. The largest absolute Gasteiger partial charge is 0.479 e. The molecule has 1 unspecified atom stereocenters. The number of hydrogen-bond acceptors (Lipinski definition) is 7. The van der Waals surface area contributed by atoms with Crippen LogP contribution in [0.15, 0.2) is 47.6 Å². The maximum atomic E-state index is 14.0. The van der Waals surface area contributed by atoms with Gasteiger partial charge in [0.2, 0.25) is 11.8 Å². The van der Waals surface area contributed by atoms with Gasteiger partial charge >= 0.3 is 12.1 Å². The van der Waals surface area contributed by atoms with Gasteiger partial charge in [0.15, 0.2) is 0 Å². The molecular weight excluding hydrogens is 540 g/mol. The molecule has 1 aliphatic carbocycles. The van der Waals surface area contributed by atoms with Crippen LogP contribution in [0.4, 0.5) is 4.79 Å². The van der Waals surface area contributed by atoms with Crippen molar-refractivity contribution in [3.8, 4) is 0 Å². The van der Waals surface area contributed by atoms with Crippen LogP contribution in [0.2, 0.25) is 0 Å². The molecule has 228 valence electrons. The van der Waals surface area contributed by atoms with Gasteiger partial charge in [-0.15, -0.1) is 0 Å². The molecule has 5 atom stereocenters. The van der Waals surface area contributed by atoms with E-state index >= 15 is 0 Å². The molecule has 4 rings (SSSR count). The van der Waals surface area contributed by atoms with Crippen molar-refractivity contribution in [3.05, 3.63) is 48.0 Å². The fourth-order valence-electron chi connectivity index (χ4n) is 5.47. The van der Waals surface area contributed by atoms with Crippen molar-refractivity contribution in [1.82, 2.24) is 15.5 Å². The van der Waals surface area contributed by atoms with E-state index in [0.717, 1.165) is 24.8 Å². The highest BCUT2D eigenvalue weighted by Gasteiger charge is 2.61. The predicted molar refractivity (Wildman–Crippen MR) is 156 cm³/mol. The van der Waals surface area contributed by atoms with Crippen LogP contribution in [0, 0.1) is 5.92 Å². The lowest BCUT2D eigenvalue weighted by atomic mass is 10.0. The van der Waals surface area contributed by atoms with E-state index in [1.165, 1.54) is 4.90 Å². The van der Waals surface area contributed by atoms with Crippen LogP contribution in [0.5, 0.6) is 0 Å². The number of carboxylic acid groups (broad SMARTS) is 1. The van der Waals surface area contributed by atoms with Gasteiger partial charge in [0, 0.05) is 12.3 Å². The SMILES string of the molecule is C/C(=N\O[C@@H]1C[C@H]2C(=O)NC3(C(=O)O)C[C@H]3/C=C\CCCCC[C@H](NC(=O)OC(C)(C)C)C(=O)N2C1)c1ccccc1. The first-order chi connectivity index (χ1) is 19.9. The Kier molecular flexibility index (Phi) is 9.58. The van der Waals surface area contributed by atoms with Crippen molar-refractivity contribution in [1.29, 1.82) is 0 Å². The summed E-state index contributed by atoms with van der Waals surface area (Å²) in [5, 5.41) is 19.7. The zero-order chi connectivity index (χ0) is 30.5. The first-order valence-electron chi connectivity index (χ1n) is 14.7. The van der Waals surface area contributed by atoms with Gasteiger partial charge in [0.1, 0.15) is 29.3 Å². The Hall–Kier alpha value is -3.89. The molecule has 2 heterocycles. The molecule has 0 bridgehead atoms. The minimum atomic E-state index is -1.41. The third kappa shape index (κ3) is 7.68. The third-order valence-corrected chi connectivity index (χ3v) is 7.84. The molecule has 1 aromatic carbocycles. The van der Waals surface area contributed by atoms with Crippen molar-refractivity contribution >= 4 is 29.6 Å². The van der Waals surface area contributed by atoms with Crippen molar-refractivity contribution in [3.63, 3.8) is 0 Å². The zero-order valence-corrected chi connectivity index (χ0v) is 24.8. The van der Waals surface area contributed by atoms with E-state index in [2.05, 4.69) is 15.8 Å². The Morgan fingerprint density at radius 3 is 2.57 bits per heavy atom. The highest BCUT2D eigenvalue weighted by Crippen LogP contribution is 2.45. The number of alkyl carbamates (subject to hydrolysis) is 1. The second-order valence-electron chi connectivity index (χ2n) is 12.4. The first kappa shape index (κ1) is 31.1. The Bertz CT molecular complexity index is 1230. The van der Waals surface area contributed by atoms with Gasteiger partial charge in [-0.05, 0) is 58.9 Å². The number of carboxylic acids is 1. The van der Waals surface area contributed by atoms with E-state index < -0.39 is 53.2 Å². The van der Waals surface area contributed by atoms with Gasteiger partial charge in [-0.25, -0.2) is 9.59 Å². The topological polar surface area (TPSA) is 147 Å². The fraction of sp³-hybridized carbons (Fsp3) is 0.581. The summed E-state index contributed by atoms with van der Waals surface area (Å²) in [6, 6.07) is 7.55. The van der Waals surface area contributed by atoms with Gasteiger partial charge in [0.05, 0.1) is 12.3 Å². The average Bonchev–Trinajstić information content (AvgIpc) is 3.45. The van der Waals surface area contributed by atoms with Crippen molar-refractivity contribution < 1.29 is 33.9 Å². The number of allylic oxidation sites excluding steroid dienone is 1. The number of oxime groups is 1. The zero-order valence-electron chi connectivity index (χ0n) is 24.8. The number of fused-ring (bicyclic) bond motifs is 2. The summed E-state index contributed by atoms with van der Waals surface area (Å²) in [6.07, 6.45) is 6.37. The Morgan fingerprint density at radius 2 is 1.88 bits per heavy atom. The highest BCUT2D eigenvalue weighted by atomic mass is 16.6. The standard InChI is InChI=1S/C31H42N4O7/c1-20(21-13-9-8-10-14-21)34-42-23-17-25-26(36)33-31(28(38)39)18-22(31)15-11-6-5-7-12-16-24(27(37)35(25)19-23)32-29(40)41-30(2,3)4/h8-11,13-15,22-25H,5-7,12,16-19H2,1-4H3,(H,32,40)(H,33,36)(H,38,39)/b15-11-,34-20+/t22-,23-,24+,25+,31?/m1/s1. The number of nitrogens with one attached hydrogen (secondary N) is 2. The normalized spacial score (nSPS) is 29.6. The highest BCUT2D eigenvalue weighted by molar-refractivity contribution is 5.98. The second-order valence-corrected chi connectivity index (χ2v) is 12.4. The molecule has 2 aliphatic heterocycles. The molecule has 11 nitrogen and oxygen atoms in total. The number of nitrogens with zero attached hydrogens (tertiary/aromatic N) is 2. The summed E-state index contributed by atoms with van der Waals surface area (Å²) in [6.45, 7) is 7.07. The van der Waals surface area contributed by atoms with E-state index in [9.17, 15) is 24.3 Å². The van der Waals surface area contributed by atoms with Gasteiger partial charge in [0.25, 0.3) is 0 Å². The van der Waals surface area contributed by atoms with Gasteiger partial charge in [-0.3, -0.25) is 9.59 Å². The van der Waals surface area contributed by atoms with Crippen molar-refractivity contribution in [2.75, 3.05) is 6.54 Å². The molecule has 42 heavy (non-hydrogen) atoms. The first-order valence-corrected chi connectivity index (χ1v) is 14.7. The van der Waals surface area contributed by atoms with Crippen LogP contribution in [-0.4, -0.2) is 75.5 Å². The van der Waals surface area contributed by atoms with Gasteiger partial charge < -0.3 is 30.2 Å². The lowest BCUT2D eigenvalue weighted by molar-refractivity contribution is -0.145. The van der Waals surface area contributed by atoms with Crippen molar-refractivity contribution in [2.24, 2.45) is 11.1 Å². The molecule has 11 heteroatoms. The molecule has 2 fully saturated rings. The van der Waals surface area contributed by atoms with Crippen molar-refractivity contribution in [2.45, 2.75) is 102 Å². The number of rotatable bonds is 5. The van der Waals surface area contributed by atoms with E-state index in [0.29, 0.717) is 18.6 Å². The molecule has 1 saturated carbocycles. The van der Waals surface area contributed by atoms with Crippen LogP contribution >= 0.6 is 0 Å². The fourth-order valence-corrected chi connectivity index (χ4v) is 5.47. The van der Waals surface area contributed by atoms with E-state index in [4.69, 9.17) is 9.57 Å². The molecule has 1 saturated heterocycles. The number of hydrogen-bond donors (Lipinski definition) is 3. The summed E-state index contributed by atoms with van der Waals surface area (Å²) in [4.78, 5) is 59.8. The third-order valence-electron chi connectivity index (χ3n) is 7.84. The summed E-state index contributed by atoms with van der Waals surface area (Å²) in [5.74, 6) is -2.43. The lowest BCUT2D eigenvalue weighted by Crippen LogP contribution is -2.56. The summed E-state index contributed by atoms with van der Waals surface area (Å²) < 4.78 is 5.42. The smallest absolute Gasteiger partial charge is 0.408 e. The van der Waals surface area contributed by atoms with Crippen LogP contribution in [-0.2, 0) is 24.0 Å². The summed E-state index contributed by atoms with van der Waals surface area (Å²) in [7, 11) is 0. The quantitative estimate of drug-likeness (QED) is 0.272. The molecule has 0 radical (unpaired) electrons. The predicted octanol–water partition coefficient (Wildman–Crippen LogP) is 3.77. The average molecular weight is 583 g/mol. The number of benzene rings is 1. The number of carbonyl (C=O) groups excluding carboxylic acids is 3. The Morgan fingerprint density at radius 1 is 1.14 bits per heavy atom. The molecule has 3 aliphatic rings. The minimum Gasteiger partial charge on any atom is -0.479 e. The van der Waals surface area contributed by atoms with E-state index in [1.807, 2.05) is 42.5 Å². The molecule has 3 amide bonds. The van der Waals surface area contributed by atoms with E-state index in [-0.39, 0.29) is 25.3 Å². The summed E-state index contributed by atoms with van der Waals surface area (Å²) >= 11 is 0. The van der Waals surface area contributed by atoms with Gasteiger partial charge in [-0.2, -0.15) is 0 Å². The Balaban J connectivity index is 1.59. The van der Waals surface area contributed by atoms with Crippen LogP contribution < -0.4 is 10.6 Å². The number of ether oxygens (including phenoxy) is 1. The number of aliphatic carboxylic acids is 1. The molecule has 0 aromatic heterocycles. The molecule has 3 N–H and O–H groups in total. The maximum absolute atomic E-state index is 14.0. The Labute approximate surface area is 246 Å². The maximum Gasteiger partial charge on any atom is 0.408 e. The summed E-state index contributed by atoms with van der Waals surface area (Å²) in [5.41, 5.74) is -0.651. The van der Waals surface area contributed by atoms with Crippen LogP contribution in [0.25, 0.3) is 0 Å².